The minimum absolute atomic E-state index is 0.00430. The average molecular weight is 911 g/mol. The monoisotopic (exact) mass is 910 g/mol. The van der Waals surface area contributed by atoms with Gasteiger partial charge in [-0.05, 0) is 77.6 Å². The predicted octanol–water partition coefficient (Wildman–Crippen LogP) is 7.69. The maximum atomic E-state index is 15.5. The van der Waals surface area contributed by atoms with Crippen LogP contribution in [0.4, 0.5) is 32.2 Å². The number of methoxy groups -OCH3 is 1. The lowest BCUT2D eigenvalue weighted by Crippen LogP contribution is -2.38. The fraction of sp³-hybridized carbons (Fsp3) is 0.262. The number of amides is 1. The molecule has 1 fully saturated rings. The fourth-order valence-corrected chi connectivity index (χ4v) is 9.28. The van der Waals surface area contributed by atoms with Crippen molar-refractivity contribution < 1.29 is 44.3 Å². The highest BCUT2D eigenvalue weighted by Gasteiger charge is 2.67. The van der Waals surface area contributed by atoms with Crippen LogP contribution in [0.15, 0.2) is 77.6 Å². The first-order valence-electron chi connectivity index (χ1n) is 19.2. The Hall–Kier alpha value is -6.41. The third-order valence-electron chi connectivity index (χ3n) is 11.2. The number of nitrogens with one attached hydrogen (secondary N) is 2. The zero-order valence-corrected chi connectivity index (χ0v) is 34.7. The van der Waals surface area contributed by atoms with Crippen molar-refractivity contribution in [1.29, 1.82) is 0 Å². The first kappa shape index (κ1) is 41.9. The van der Waals surface area contributed by atoms with E-state index in [0.29, 0.717) is 27.6 Å². The molecule has 4 aromatic carbocycles. The smallest absolute Gasteiger partial charge is 0.293 e. The SMILES string of the molecule is COc1ccc(-c2ccc3c(=O)n(-c4ccc(Cl)c5c(NS(C)(=O)=O)nn(C)c45)c([C@H](Cc4cc(F)cc(F)c4)NC(=O)Cn4nc(C(F)F)c5c4C(F)(F)[C@@H]4C[C@H]54)nc3c2)cc1. The van der Waals surface area contributed by atoms with E-state index >= 15 is 13.6 Å². The summed E-state index contributed by atoms with van der Waals surface area (Å²) in [4.78, 5) is 34.1. The van der Waals surface area contributed by atoms with Crippen LogP contribution >= 0.6 is 11.6 Å². The molecule has 0 spiro atoms. The summed E-state index contributed by atoms with van der Waals surface area (Å²) in [6.07, 6.45) is -2.77. The molecule has 63 heavy (non-hydrogen) atoms. The Morgan fingerprint density at radius 1 is 1.00 bits per heavy atom. The quantitative estimate of drug-likeness (QED) is 0.118. The van der Waals surface area contributed by atoms with Crippen LogP contribution < -0.4 is 20.3 Å². The number of carbonyl (C=O) groups is 1. The molecule has 1 saturated carbocycles. The van der Waals surface area contributed by atoms with Gasteiger partial charge < -0.3 is 10.1 Å². The van der Waals surface area contributed by atoms with Gasteiger partial charge in [0.25, 0.3) is 17.9 Å². The Kier molecular flexibility index (Phi) is 10.1. The Morgan fingerprint density at radius 3 is 2.37 bits per heavy atom. The molecule has 9 rings (SSSR count). The number of benzene rings is 4. The molecule has 3 heterocycles. The summed E-state index contributed by atoms with van der Waals surface area (Å²) >= 11 is 6.64. The number of alkyl halides is 4. The number of carbonyl (C=O) groups excluding carboxylic acids is 1. The number of anilines is 1. The number of fused-ring (bicyclic) bond motifs is 5. The number of rotatable bonds is 12. The first-order chi connectivity index (χ1) is 29.8. The maximum Gasteiger partial charge on any atom is 0.293 e. The van der Waals surface area contributed by atoms with Crippen molar-refractivity contribution in [3.8, 4) is 22.6 Å². The zero-order chi connectivity index (χ0) is 44.9. The van der Waals surface area contributed by atoms with Crippen LogP contribution in [0.1, 0.15) is 53.1 Å². The van der Waals surface area contributed by atoms with E-state index in [1.54, 1.807) is 36.4 Å². The summed E-state index contributed by atoms with van der Waals surface area (Å²) in [5.74, 6) is -8.43. The molecule has 1 amide bonds. The van der Waals surface area contributed by atoms with E-state index in [0.717, 1.165) is 23.0 Å². The van der Waals surface area contributed by atoms with Gasteiger partial charge in [0.05, 0.1) is 51.9 Å². The summed E-state index contributed by atoms with van der Waals surface area (Å²) in [6, 6.07) is 15.7. The van der Waals surface area contributed by atoms with Gasteiger partial charge in [0, 0.05) is 31.0 Å². The lowest BCUT2D eigenvalue weighted by molar-refractivity contribution is -0.123. The van der Waals surface area contributed by atoms with Crippen LogP contribution in [0.2, 0.25) is 5.02 Å². The van der Waals surface area contributed by atoms with Gasteiger partial charge >= 0.3 is 0 Å². The molecule has 3 atom stereocenters. The predicted molar refractivity (Wildman–Crippen MR) is 220 cm³/mol. The second kappa shape index (κ2) is 15.1. The number of aryl methyl sites for hydroxylation is 1. The third-order valence-corrected chi connectivity index (χ3v) is 12.1. The van der Waals surface area contributed by atoms with E-state index in [4.69, 9.17) is 21.3 Å². The first-order valence-corrected chi connectivity index (χ1v) is 21.5. The molecule has 326 valence electrons. The van der Waals surface area contributed by atoms with Gasteiger partial charge in [-0.2, -0.15) is 19.0 Å². The lowest BCUT2D eigenvalue weighted by Gasteiger charge is -2.24. The normalized spacial score (nSPS) is 16.9. The van der Waals surface area contributed by atoms with Crippen LogP contribution in [0, 0.1) is 17.6 Å². The van der Waals surface area contributed by atoms with Crippen LogP contribution in [-0.2, 0) is 40.8 Å². The summed E-state index contributed by atoms with van der Waals surface area (Å²) < 4.78 is 124. The molecular formula is C42H33ClF6N8O5S. The highest BCUT2D eigenvalue weighted by Crippen LogP contribution is 2.68. The van der Waals surface area contributed by atoms with Gasteiger partial charge in [0.2, 0.25) is 15.9 Å². The van der Waals surface area contributed by atoms with Gasteiger partial charge in [-0.1, -0.05) is 29.8 Å². The van der Waals surface area contributed by atoms with Crippen molar-refractivity contribution in [3.63, 3.8) is 0 Å². The topological polar surface area (TPSA) is 155 Å². The van der Waals surface area contributed by atoms with E-state index in [9.17, 15) is 30.8 Å². The van der Waals surface area contributed by atoms with E-state index in [2.05, 4.69) is 20.2 Å². The number of halogens is 7. The Morgan fingerprint density at radius 2 is 1.70 bits per heavy atom. The van der Waals surface area contributed by atoms with Crippen molar-refractivity contribution in [2.45, 2.75) is 43.7 Å². The minimum atomic E-state index is -3.91. The average Bonchev–Trinajstić information content (AvgIpc) is 3.75. The number of ether oxygens (including phenoxy) is 1. The lowest BCUT2D eigenvalue weighted by atomic mass is 10.0. The molecule has 2 N–H and O–H groups in total. The standard InChI is InChI=1S/C42H33ClF6N8O5S/c1-55-36-31(11-10-28(43)34(36)39(53-55)54-63(3,60)61)57-40(51-29-15-21(6-9-25(29)41(57)59)20-4-7-24(62-2)8-5-20)30(14-19-12-22(44)16-23(45)13-19)50-32(58)18-56-37-33(35(52-56)38(46)47)26-17-27(26)42(37,48)49/h4-13,15-16,26-27,30,38H,14,17-18H2,1-3H3,(H,50,58)(H,53,54)/t26-,27+,30-/m0/s1. The van der Waals surface area contributed by atoms with Crippen LogP contribution in [0.25, 0.3) is 38.6 Å². The van der Waals surface area contributed by atoms with E-state index in [1.807, 2.05) is 0 Å². The Bertz CT molecular complexity index is 3190. The molecule has 0 radical (unpaired) electrons. The number of hydrogen-bond acceptors (Lipinski definition) is 8. The van der Waals surface area contributed by atoms with Gasteiger partial charge in [-0.3, -0.25) is 28.2 Å². The maximum absolute atomic E-state index is 15.5. The summed E-state index contributed by atoms with van der Waals surface area (Å²) in [7, 11) is -0.942. The molecule has 2 aliphatic carbocycles. The Balaban J connectivity index is 1.25. The number of sulfonamides is 1. The van der Waals surface area contributed by atoms with Crippen LogP contribution in [0.5, 0.6) is 5.75 Å². The summed E-state index contributed by atoms with van der Waals surface area (Å²) in [5.41, 5.74) is -1.14. The van der Waals surface area contributed by atoms with Crippen LogP contribution in [0.3, 0.4) is 0 Å². The molecule has 0 saturated heterocycles. The molecule has 0 aliphatic heterocycles. The highest BCUT2D eigenvalue weighted by atomic mass is 35.5. The molecule has 0 bridgehead atoms. The number of aromatic nitrogens is 6. The second-order valence-corrected chi connectivity index (χ2v) is 17.6. The molecule has 0 unspecified atom stereocenters. The van der Waals surface area contributed by atoms with Crippen LogP contribution in [-0.4, -0.2) is 56.8 Å². The number of hydrogen-bond donors (Lipinski definition) is 2. The Labute approximate surface area is 358 Å². The summed E-state index contributed by atoms with van der Waals surface area (Å²) in [5, 5.41) is 10.9. The molecule has 2 aliphatic rings. The van der Waals surface area contributed by atoms with E-state index < -0.39 is 87.7 Å². The van der Waals surface area contributed by atoms with E-state index in [-0.39, 0.29) is 61.7 Å². The van der Waals surface area contributed by atoms with E-state index in [1.165, 1.54) is 37.0 Å². The number of nitrogens with zero attached hydrogens (tertiary/aromatic N) is 6. The summed E-state index contributed by atoms with van der Waals surface area (Å²) in [6.45, 7) is -0.981. The largest absolute Gasteiger partial charge is 0.497 e. The van der Waals surface area contributed by atoms with Crippen molar-refractivity contribution in [2.75, 3.05) is 18.1 Å². The van der Waals surface area contributed by atoms with Crippen molar-refractivity contribution in [1.82, 2.24) is 34.4 Å². The van der Waals surface area contributed by atoms with Crippen molar-refractivity contribution >= 4 is 55.2 Å². The molecule has 3 aromatic heterocycles. The van der Waals surface area contributed by atoms with Gasteiger partial charge in [-0.25, -0.2) is 31.0 Å². The molecule has 7 aromatic rings. The van der Waals surface area contributed by atoms with Crippen molar-refractivity contribution in [3.05, 3.63) is 128 Å². The molecular weight excluding hydrogens is 878 g/mol. The third kappa shape index (κ3) is 7.43. The highest BCUT2D eigenvalue weighted by molar-refractivity contribution is 7.92. The fourth-order valence-electron chi connectivity index (χ4n) is 8.54. The van der Waals surface area contributed by atoms with Gasteiger partial charge in [-0.15, -0.1) is 0 Å². The minimum Gasteiger partial charge on any atom is -0.497 e. The second-order valence-electron chi connectivity index (χ2n) is 15.5. The molecule has 21 heteroatoms. The molecule has 13 nitrogen and oxygen atoms in total. The zero-order valence-electron chi connectivity index (χ0n) is 33.1. The van der Waals surface area contributed by atoms with Gasteiger partial charge in [0.1, 0.15) is 41.1 Å². The van der Waals surface area contributed by atoms with Crippen molar-refractivity contribution in [2.24, 2.45) is 13.0 Å². The van der Waals surface area contributed by atoms with Gasteiger partial charge in [0.15, 0.2) is 5.82 Å².